The number of anilines is 2. The zero-order valence-corrected chi connectivity index (χ0v) is 9.97. The third kappa shape index (κ3) is 2.64. The molecule has 5 nitrogen and oxygen atoms in total. The van der Waals surface area contributed by atoms with Crippen molar-refractivity contribution in [1.29, 1.82) is 0 Å². The van der Waals surface area contributed by atoms with Crippen molar-refractivity contribution < 1.29 is 4.79 Å². The van der Waals surface area contributed by atoms with E-state index in [4.69, 9.17) is 5.84 Å². The fraction of sp³-hybridized carbons (Fsp3) is 0.0769. The first-order valence-electron chi connectivity index (χ1n) is 5.49. The summed E-state index contributed by atoms with van der Waals surface area (Å²) < 4.78 is 0. The molecule has 1 amide bonds. The maximum atomic E-state index is 12.1. The van der Waals surface area contributed by atoms with Crippen LogP contribution in [0.5, 0.6) is 0 Å². The number of amides is 1. The molecule has 0 atom stereocenters. The number of nitrogens with zero attached hydrogens (tertiary/aromatic N) is 1. The number of nitrogens with one attached hydrogen (secondary N) is 2. The van der Waals surface area contributed by atoms with E-state index in [1.807, 2.05) is 13.0 Å². The Hall–Kier alpha value is -2.40. The SMILES string of the molecule is Cc1cc(NN)ccc1C(=O)Nc1ccncc1. The van der Waals surface area contributed by atoms with Gasteiger partial charge >= 0.3 is 0 Å². The first-order chi connectivity index (χ1) is 8.70. The number of nitrogen functional groups attached to an aromatic ring is 1. The van der Waals surface area contributed by atoms with E-state index in [-0.39, 0.29) is 5.91 Å². The number of carbonyl (C=O) groups excluding carboxylic acids is 1. The predicted molar refractivity (Wildman–Crippen MR) is 71.2 cm³/mol. The van der Waals surface area contributed by atoms with Crippen molar-refractivity contribution in [2.45, 2.75) is 6.92 Å². The van der Waals surface area contributed by atoms with E-state index in [0.29, 0.717) is 5.56 Å². The highest BCUT2D eigenvalue weighted by molar-refractivity contribution is 6.05. The molecular weight excluding hydrogens is 228 g/mol. The Morgan fingerprint density at radius 2 is 1.89 bits per heavy atom. The van der Waals surface area contributed by atoms with Gasteiger partial charge < -0.3 is 10.7 Å². The first-order valence-corrected chi connectivity index (χ1v) is 5.49. The Bertz CT molecular complexity index is 554. The van der Waals surface area contributed by atoms with Gasteiger partial charge in [-0.15, -0.1) is 0 Å². The summed E-state index contributed by atoms with van der Waals surface area (Å²) in [5.41, 5.74) is 5.51. The third-order valence-electron chi connectivity index (χ3n) is 2.58. The molecule has 0 aliphatic heterocycles. The summed E-state index contributed by atoms with van der Waals surface area (Å²) in [5, 5.41) is 2.81. The normalized spacial score (nSPS) is 9.89. The number of rotatable bonds is 3. The molecule has 1 aromatic carbocycles. The van der Waals surface area contributed by atoms with Gasteiger partial charge in [-0.3, -0.25) is 15.6 Å². The maximum absolute atomic E-state index is 12.1. The standard InChI is InChI=1S/C13H14N4O/c1-9-8-11(17-14)2-3-12(9)13(18)16-10-4-6-15-7-5-10/h2-8,17H,14H2,1H3,(H,15,16,18). The summed E-state index contributed by atoms with van der Waals surface area (Å²) in [5.74, 6) is 5.16. The van der Waals surface area contributed by atoms with Gasteiger partial charge in [-0.05, 0) is 42.8 Å². The summed E-state index contributed by atoms with van der Waals surface area (Å²) in [6.07, 6.45) is 3.26. The molecule has 92 valence electrons. The summed E-state index contributed by atoms with van der Waals surface area (Å²) in [6.45, 7) is 1.86. The minimum absolute atomic E-state index is 0.151. The monoisotopic (exact) mass is 242 g/mol. The first kappa shape index (κ1) is 12.1. The molecule has 1 aromatic heterocycles. The lowest BCUT2D eigenvalue weighted by Gasteiger charge is -2.09. The van der Waals surface area contributed by atoms with Crippen molar-refractivity contribution in [3.8, 4) is 0 Å². The highest BCUT2D eigenvalue weighted by Gasteiger charge is 2.09. The highest BCUT2D eigenvalue weighted by Crippen LogP contribution is 2.16. The smallest absolute Gasteiger partial charge is 0.255 e. The molecule has 0 aliphatic rings. The Labute approximate surface area is 105 Å². The van der Waals surface area contributed by atoms with Crippen LogP contribution < -0.4 is 16.6 Å². The molecule has 2 aromatic rings. The second-order valence-corrected chi connectivity index (χ2v) is 3.86. The number of carbonyl (C=O) groups is 1. The van der Waals surface area contributed by atoms with Crippen LogP contribution in [0.2, 0.25) is 0 Å². The van der Waals surface area contributed by atoms with Crippen molar-refractivity contribution in [2.75, 3.05) is 10.7 Å². The molecule has 0 spiro atoms. The van der Waals surface area contributed by atoms with Crippen LogP contribution in [0.4, 0.5) is 11.4 Å². The van der Waals surface area contributed by atoms with E-state index in [2.05, 4.69) is 15.7 Å². The molecular formula is C13H14N4O. The maximum Gasteiger partial charge on any atom is 0.255 e. The minimum Gasteiger partial charge on any atom is -0.324 e. The van der Waals surface area contributed by atoms with E-state index in [0.717, 1.165) is 16.9 Å². The van der Waals surface area contributed by atoms with Gasteiger partial charge in [-0.2, -0.15) is 0 Å². The fourth-order valence-corrected chi connectivity index (χ4v) is 1.64. The molecule has 2 rings (SSSR count). The zero-order valence-electron chi connectivity index (χ0n) is 9.97. The number of hydrogen-bond donors (Lipinski definition) is 3. The number of aryl methyl sites for hydroxylation is 1. The van der Waals surface area contributed by atoms with E-state index < -0.39 is 0 Å². The molecule has 0 bridgehead atoms. The molecule has 0 fully saturated rings. The number of hydrogen-bond acceptors (Lipinski definition) is 4. The average Bonchev–Trinajstić information content (AvgIpc) is 2.39. The van der Waals surface area contributed by atoms with Crippen LogP contribution in [-0.2, 0) is 0 Å². The van der Waals surface area contributed by atoms with Crippen molar-refractivity contribution in [3.63, 3.8) is 0 Å². The van der Waals surface area contributed by atoms with Gasteiger partial charge in [0.15, 0.2) is 0 Å². The van der Waals surface area contributed by atoms with Crippen LogP contribution >= 0.6 is 0 Å². The van der Waals surface area contributed by atoms with Crippen LogP contribution in [0.1, 0.15) is 15.9 Å². The summed E-state index contributed by atoms with van der Waals surface area (Å²) >= 11 is 0. The summed E-state index contributed by atoms with van der Waals surface area (Å²) in [6, 6.07) is 8.79. The third-order valence-corrected chi connectivity index (χ3v) is 2.58. The average molecular weight is 242 g/mol. The van der Waals surface area contributed by atoms with Crippen LogP contribution in [0.25, 0.3) is 0 Å². The van der Waals surface area contributed by atoms with Gasteiger partial charge in [0.25, 0.3) is 5.91 Å². The van der Waals surface area contributed by atoms with Gasteiger partial charge in [-0.25, -0.2) is 0 Å². The van der Waals surface area contributed by atoms with Gasteiger partial charge in [0.1, 0.15) is 0 Å². The van der Waals surface area contributed by atoms with Gasteiger partial charge in [-0.1, -0.05) is 0 Å². The second-order valence-electron chi connectivity index (χ2n) is 3.86. The lowest BCUT2D eigenvalue weighted by Crippen LogP contribution is -2.14. The molecule has 5 heteroatoms. The lowest BCUT2D eigenvalue weighted by atomic mass is 10.1. The van der Waals surface area contributed by atoms with Gasteiger partial charge in [0.2, 0.25) is 0 Å². The van der Waals surface area contributed by atoms with Crippen molar-refractivity contribution in [1.82, 2.24) is 4.98 Å². The molecule has 0 radical (unpaired) electrons. The van der Waals surface area contributed by atoms with E-state index >= 15 is 0 Å². The number of aromatic nitrogens is 1. The van der Waals surface area contributed by atoms with Gasteiger partial charge in [0.05, 0.1) is 0 Å². The Morgan fingerprint density at radius 1 is 1.17 bits per heavy atom. The molecule has 0 saturated carbocycles. The minimum atomic E-state index is -0.151. The summed E-state index contributed by atoms with van der Waals surface area (Å²) in [7, 11) is 0. The Balaban J connectivity index is 2.19. The van der Waals surface area contributed by atoms with Crippen LogP contribution in [0, 0.1) is 6.92 Å². The zero-order chi connectivity index (χ0) is 13.0. The quantitative estimate of drug-likeness (QED) is 0.567. The fourth-order valence-electron chi connectivity index (χ4n) is 1.64. The Kier molecular flexibility index (Phi) is 3.54. The van der Waals surface area contributed by atoms with Crippen molar-refractivity contribution in [3.05, 3.63) is 53.9 Å². The number of hydrazine groups is 1. The van der Waals surface area contributed by atoms with E-state index in [1.165, 1.54) is 0 Å². The molecule has 18 heavy (non-hydrogen) atoms. The number of pyridine rings is 1. The lowest BCUT2D eigenvalue weighted by molar-refractivity contribution is 0.102. The largest absolute Gasteiger partial charge is 0.324 e. The number of nitrogens with two attached hydrogens (primary N) is 1. The van der Waals surface area contributed by atoms with Crippen LogP contribution in [0.3, 0.4) is 0 Å². The topological polar surface area (TPSA) is 80.0 Å². The van der Waals surface area contributed by atoms with Crippen molar-refractivity contribution >= 4 is 17.3 Å². The molecule has 4 N–H and O–H groups in total. The summed E-state index contributed by atoms with van der Waals surface area (Å²) in [4.78, 5) is 15.9. The van der Waals surface area contributed by atoms with Gasteiger partial charge in [0, 0.05) is 29.3 Å². The van der Waals surface area contributed by atoms with Crippen LogP contribution in [0.15, 0.2) is 42.7 Å². The number of benzene rings is 1. The molecule has 0 unspecified atom stereocenters. The highest BCUT2D eigenvalue weighted by atomic mass is 16.1. The molecule has 0 saturated heterocycles. The Morgan fingerprint density at radius 3 is 2.50 bits per heavy atom. The predicted octanol–water partition coefficient (Wildman–Crippen LogP) is 1.93. The van der Waals surface area contributed by atoms with Crippen LogP contribution in [-0.4, -0.2) is 10.9 Å². The van der Waals surface area contributed by atoms with Crippen molar-refractivity contribution in [2.24, 2.45) is 5.84 Å². The second kappa shape index (κ2) is 5.29. The molecule has 1 heterocycles. The van der Waals surface area contributed by atoms with E-state index in [9.17, 15) is 4.79 Å². The van der Waals surface area contributed by atoms with E-state index in [1.54, 1.807) is 36.7 Å². The molecule has 0 aliphatic carbocycles.